The minimum absolute atomic E-state index is 0. The van der Waals surface area contributed by atoms with Crippen LogP contribution < -0.4 is 20.7 Å². The topological polar surface area (TPSA) is 74.8 Å². The van der Waals surface area contributed by atoms with Crippen molar-refractivity contribution in [3.8, 4) is 5.75 Å². The predicted octanol–water partition coefficient (Wildman–Crippen LogP) is 1.76. The van der Waals surface area contributed by atoms with Gasteiger partial charge in [-0.25, -0.2) is 0 Å². The van der Waals surface area contributed by atoms with Crippen molar-refractivity contribution in [3.05, 3.63) is 30.3 Å². The van der Waals surface area contributed by atoms with E-state index in [-0.39, 0.29) is 42.0 Å². The van der Waals surface area contributed by atoms with Crippen LogP contribution in [0, 0.1) is 0 Å². The normalized spacial score (nSPS) is 11.2. The summed E-state index contributed by atoms with van der Waals surface area (Å²) in [4.78, 5) is 15.8. The van der Waals surface area contributed by atoms with Crippen LogP contribution in [-0.2, 0) is 4.79 Å². The van der Waals surface area contributed by atoms with Gasteiger partial charge in [-0.3, -0.25) is 9.79 Å². The van der Waals surface area contributed by atoms with Crippen molar-refractivity contribution in [1.29, 1.82) is 0 Å². The van der Waals surface area contributed by atoms with Gasteiger partial charge in [0.05, 0.1) is 13.1 Å². The van der Waals surface area contributed by atoms with Crippen molar-refractivity contribution in [3.63, 3.8) is 0 Å². The summed E-state index contributed by atoms with van der Waals surface area (Å²) >= 11 is 0. The van der Waals surface area contributed by atoms with Crippen molar-refractivity contribution in [2.75, 3.05) is 26.7 Å². The van der Waals surface area contributed by atoms with Crippen LogP contribution in [-0.4, -0.2) is 44.1 Å². The van der Waals surface area contributed by atoms with E-state index in [0.29, 0.717) is 19.1 Å². The van der Waals surface area contributed by atoms with Gasteiger partial charge in [-0.2, -0.15) is 0 Å². The van der Waals surface area contributed by atoms with Gasteiger partial charge in [0.25, 0.3) is 0 Å². The van der Waals surface area contributed by atoms with Gasteiger partial charge in [0, 0.05) is 12.6 Å². The molecule has 0 radical (unpaired) electrons. The Morgan fingerprint density at radius 2 is 1.83 bits per heavy atom. The second-order valence-corrected chi connectivity index (χ2v) is 5.81. The van der Waals surface area contributed by atoms with Gasteiger partial charge in [0.2, 0.25) is 5.91 Å². The lowest BCUT2D eigenvalue weighted by Gasteiger charge is -2.21. The van der Waals surface area contributed by atoms with Gasteiger partial charge in [-0.15, -0.1) is 24.0 Å². The van der Waals surface area contributed by atoms with Crippen molar-refractivity contribution in [2.24, 2.45) is 4.99 Å². The van der Waals surface area contributed by atoms with E-state index in [1.54, 1.807) is 7.05 Å². The zero-order valence-corrected chi connectivity index (χ0v) is 16.5. The molecule has 1 aromatic carbocycles. The number of nitrogens with zero attached hydrogens (tertiary/aromatic N) is 1. The molecule has 0 heterocycles. The van der Waals surface area contributed by atoms with Crippen LogP contribution in [0.1, 0.15) is 20.8 Å². The molecule has 0 aromatic heterocycles. The van der Waals surface area contributed by atoms with Crippen molar-refractivity contribution in [2.45, 2.75) is 26.3 Å². The molecule has 23 heavy (non-hydrogen) atoms. The summed E-state index contributed by atoms with van der Waals surface area (Å²) in [5.41, 5.74) is -0.237. The third kappa shape index (κ3) is 10.8. The zero-order valence-electron chi connectivity index (χ0n) is 14.2. The van der Waals surface area contributed by atoms with E-state index in [0.717, 1.165) is 5.75 Å². The SMILES string of the molecule is CN=C(NCCOc1ccccc1)NCC(=O)NC(C)(C)C.I. The third-order valence-corrected chi connectivity index (χ3v) is 2.56. The predicted molar refractivity (Wildman–Crippen MR) is 105 cm³/mol. The van der Waals surface area contributed by atoms with Crippen LogP contribution in [0.25, 0.3) is 0 Å². The minimum atomic E-state index is -0.237. The summed E-state index contributed by atoms with van der Waals surface area (Å²) in [6.07, 6.45) is 0. The molecule has 1 amide bonds. The molecule has 1 rings (SSSR count). The van der Waals surface area contributed by atoms with Crippen LogP contribution in [0.5, 0.6) is 5.75 Å². The first-order valence-corrected chi connectivity index (χ1v) is 7.34. The lowest BCUT2D eigenvalue weighted by atomic mass is 10.1. The molecule has 0 saturated heterocycles. The zero-order chi connectivity index (χ0) is 16.4. The van der Waals surface area contributed by atoms with Gasteiger partial charge < -0.3 is 20.7 Å². The van der Waals surface area contributed by atoms with Crippen molar-refractivity contribution >= 4 is 35.8 Å². The minimum Gasteiger partial charge on any atom is -0.492 e. The fourth-order valence-electron chi connectivity index (χ4n) is 1.70. The van der Waals surface area contributed by atoms with Gasteiger partial charge in [0.15, 0.2) is 5.96 Å². The van der Waals surface area contributed by atoms with E-state index >= 15 is 0 Å². The number of rotatable bonds is 6. The summed E-state index contributed by atoms with van der Waals surface area (Å²) in [7, 11) is 1.66. The number of amides is 1. The van der Waals surface area contributed by atoms with E-state index < -0.39 is 0 Å². The second kappa shape index (κ2) is 11.1. The van der Waals surface area contributed by atoms with Crippen LogP contribution in [0.2, 0.25) is 0 Å². The summed E-state index contributed by atoms with van der Waals surface area (Å²) < 4.78 is 5.57. The molecule has 6 nitrogen and oxygen atoms in total. The molecule has 3 N–H and O–H groups in total. The van der Waals surface area contributed by atoms with Crippen LogP contribution in [0.15, 0.2) is 35.3 Å². The first kappa shape index (κ1) is 21.5. The number of hydrogen-bond acceptors (Lipinski definition) is 3. The Balaban J connectivity index is 0.00000484. The van der Waals surface area contributed by atoms with Crippen LogP contribution in [0.3, 0.4) is 0 Å². The molecule has 7 heteroatoms. The van der Waals surface area contributed by atoms with Crippen molar-refractivity contribution < 1.29 is 9.53 Å². The highest BCUT2D eigenvalue weighted by atomic mass is 127. The molecule has 0 saturated carbocycles. The number of hydrogen-bond donors (Lipinski definition) is 3. The molecule has 0 aliphatic carbocycles. The Morgan fingerprint density at radius 3 is 2.39 bits per heavy atom. The molecule has 0 unspecified atom stereocenters. The number of ether oxygens (including phenoxy) is 1. The lowest BCUT2D eigenvalue weighted by Crippen LogP contribution is -2.48. The highest BCUT2D eigenvalue weighted by Gasteiger charge is 2.13. The monoisotopic (exact) mass is 434 g/mol. The van der Waals surface area contributed by atoms with E-state index in [4.69, 9.17) is 4.74 Å². The molecular weight excluding hydrogens is 407 g/mol. The Morgan fingerprint density at radius 1 is 1.17 bits per heavy atom. The number of carbonyl (C=O) groups excluding carboxylic acids is 1. The first-order valence-electron chi connectivity index (χ1n) is 7.34. The van der Waals surface area contributed by atoms with Gasteiger partial charge in [0.1, 0.15) is 12.4 Å². The van der Waals surface area contributed by atoms with Gasteiger partial charge >= 0.3 is 0 Å². The average molecular weight is 434 g/mol. The molecule has 0 atom stereocenters. The number of halogens is 1. The molecule has 0 spiro atoms. The van der Waals surface area contributed by atoms with E-state index in [1.807, 2.05) is 51.1 Å². The van der Waals surface area contributed by atoms with E-state index in [9.17, 15) is 4.79 Å². The molecule has 0 bridgehead atoms. The number of para-hydroxylation sites is 1. The third-order valence-electron chi connectivity index (χ3n) is 2.56. The Hall–Kier alpha value is -1.51. The van der Waals surface area contributed by atoms with Crippen LogP contribution >= 0.6 is 24.0 Å². The van der Waals surface area contributed by atoms with E-state index in [2.05, 4.69) is 20.9 Å². The van der Waals surface area contributed by atoms with Gasteiger partial charge in [-0.05, 0) is 32.9 Å². The van der Waals surface area contributed by atoms with Crippen LogP contribution in [0.4, 0.5) is 0 Å². The largest absolute Gasteiger partial charge is 0.492 e. The van der Waals surface area contributed by atoms with Crippen molar-refractivity contribution in [1.82, 2.24) is 16.0 Å². The number of guanidine groups is 1. The summed E-state index contributed by atoms with van der Waals surface area (Å²) in [5.74, 6) is 1.33. The summed E-state index contributed by atoms with van der Waals surface area (Å²) in [6.45, 7) is 7.11. The summed E-state index contributed by atoms with van der Waals surface area (Å²) in [6, 6.07) is 9.61. The number of carbonyl (C=O) groups is 1. The standard InChI is InChI=1S/C16H26N4O2.HI/c1-16(2,3)20-14(21)12-19-15(17-4)18-10-11-22-13-8-6-5-7-9-13;/h5-9H,10-12H2,1-4H3,(H,20,21)(H2,17,18,19);1H. The number of aliphatic imine (C=N–C) groups is 1. The molecule has 0 aliphatic heterocycles. The first-order chi connectivity index (χ1) is 10.4. The Kier molecular flexibility index (Phi) is 10.4. The second-order valence-electron chi connectivity index (χ2n) is 5.81. The highest BCUT2D eigenvalue weighted by Crippen LogP contribution is 2.07. The molecule has 1 aromatic rings. The lowest BCUT2D eigenvalue weighted by molar-refractivity contribution is -0.121. The molecule has 0 fully saturated rings. The molecule has 0 aliphatic rings. The number of benzene rings is 1. The maximum Gasteiger partial charge on any atom is 0.239 e. The smallest absolute Gasteiger partial charge is 0.239 e. The fourth-order valence-corrected chi connectivity index (χ4v) is 1.70. The highest BCUT2D eigenvalue weighted by molar-refractivity contribution is 14.0. The van der Waals surface area contributed by atoms with Gasteiger partial charge in [-0.1, -0.05) is 18.2 Å². The number of nitrogens with one attached hydrogen (secondary N) is 3. The van der Waals surface area contributed by atoms with E-state index in [1.165, 1.54) is 0 Å². The fraction of sp³-hybridized carbons (Fsp3) is 0.500. The maximum atomic E-state index is 11.7. The quantitative estimate of drug-likeness (QED) is 0.276. The average Bonchev–Trinajstić information content (AvgIpc) is 2.46. The molecule has 130 valence electrons. The molecular formula is C16H27IN4O2. The Bertz CT molecular complexity index is 487. The maximum absolute atomic E-state index is 11.7. The summed E-state index contributed by atoms with van der Waals surface area (Å²) in [5, 5.41) is 8.93. The Labute approximate surface area is 155 Å².